The maximum absolute atomic E-state index is 12.4. The highest BCUT2D eigenvalue weighted by molar-refractivity contribution is 7.78. The molecule has 2 nitrogen and oxygen atoms in total. The van der Waals surface area contributed by atoms with Crippen molar-refractivity contribution in [2.75, 3.05) is 0 Å². The Morgan fingerprint density at radius 3 is 2.29 bits per heavy atom. The molecule has 6 heteroatoms. The summed E-state index contributed by atoms with van der Waals surface area (Å²) < 4.78 is 37.2. The molecule has 0 saturated carbocycles. The van der Waals surface area contributed by atoms with Crippen LogP contribution in [0.1, 0.15) is 25.0 Å². The van der Waals surface area contributed by atoms with E-state index in [0.29, 0.717) is 0 Å². The van der Waals surface area contributed by atoms with Gasteiger partial charge in [0.15, 0.2) is 0 Å². The second-order valence-electron chi connectivity index (χ2n) is 2.54. The Morgan fingerprint density at radius 2 is 1.88 bits per heavy atom. The third-order valence-corrected chi connectivity index (χ3v) is 1.70. The van der Waals surface area contributed by atoms with Crippen LogP contribution in [0.15, 0.2) is 23.2 Å². The smallest absolute Gasteiger partial charge is 0.195 e. The fraction of sp³-hybridized carbons (Fsp3) is 0.273. The van der Waals surface area contributed by atoms with E-state index < -0.39 is 17.3 Å². The van der Waals surface area contributed by atoms with Crippen molar-refractivity contribution in [3.05, 3.63) is 29.3 Å². The third kappa shape index (κ3) is 4.35. The normalized spacial score (nSPS) is 9.41. The Morgan fingerprint density at radius 1 is 1.29 bits per heavy atom. The van der Waals surface area contributed by atoms with E-state index in [2.05, 4.69) is 17.2 Å². The zero-order valence-corrected chi connectivity index (χ0v) is 9.99. The lowest BCUT2D eigenvalue weighted by Crippen LogP contribution is -2.07. The van der Waals surface area contributed by atoms with Crippen molar-refractivity contribution in [2.24, 2.45) is 4.99 Å². The van der Waals surface area contributed by atoms with E-state index >= 15 is 0 Å². The number of hydrogen-bond acceptors (Lipinski definition) is 3. The second kappa shape index (κ2) is 6.79. The van der Waals surface area contributed by atoms with E-state index in [0.717, 1.165) is 12.1 Å². The van der Waals surface area contributed by atoms with Crippen molar-refractivity contribution in [1.82, 2.24) is 0 Å². The molecule has 1 aromatic carbocycles. The first-order valence-electron chi connectivity index (χ1n) is 4.68. The highest BCUT2D eigenvalue weighted by Gasteiger charge is 2.33. The number of halogens is 3. The van der Waals surface area contributed by atoms with Gasteiger partial charge < -0.3 is 0 Å². The maximum atomic E-state index is 12.4. The number of benzene rings is 1. The first kappa shape index (κ1) is 15.3. The van der Waals surface area contributed by atoms with Gasteiger partial charge in [-0.15, -0.1) is 0 Å². The number of aliphatic imine (C=N–C) groups is 1. The molecule has 0 aromatic heterocycles. The molecule has 0 radical (unpaired) electrons. The highest BCUT2D eigenvalue weighted by Crippen LogP contribution is 2.33. The molecule has 0 aliphatic heterocycles. The average Bonchev–Trinajstić information content (AvgIpc) is 2.31. The molecule has 1 rings (SSSR count). The summed E-state index contributed by atoms with van der Waals surface area (Å²) in [6.07, 6.45) is -4.57. The molecule has 0 saturated heterocycles. The van der Waals surface area contributed by atoms with Crippen LogP contribution in [0, 0.1) is 11.3 Å². The quantitative estimate of drug-likeness (QED) is 0.555. The summed E-state index contributed by atoms with van der Waals surface area (Å²) in [7, 11) is 0. The number of thiocarbonyl (C=S) groups is 1. The van der Waals surface area contributed by atoms with Crippen molar-refractivity contribution in [3.63, 3.8) is 0 Å². The van der Waals surface area contributed by atoms with Gasteiger partial charge in [-0.05, 0) is 30.4 Å². The molecule has 0 N–H and O–H groups in total. The number of alkyl halides is 3. The Hall–Kier alpha value is -1.70. The summed E-state index contributed by atoms with van der Waals surface area (Å²) in [5.41, 5.74) is -1.43. The number of rotatable bonds is 1. The van der Waals surface area contributed by atoms with Crippen molar-refractivity contribution in [2.45, 2.75) is 20.0 Å². The monoisotopic (exact) mass is 258 g/mol. The first-order chi connectivity index (χ1) is 7.99. The summed E-state index contributed by atoms with van der Waals surface area (Å²) in [5.74, 6) is 0. The Labute approximate surface area is 102 Å². The van der Waals surface area contributed by atoms with Crippen LogP contribution in [0.5, 0.6) is 0 Å². The van der Waals surface area contributed by atoms with E-state index in [1.165, 1.54) is 12.1 Å². The van der Waals surface area contributed by atoms with Crippen LogP contribution in [0.4, 0.5) is 18.9 Å². The van der Waals surface area contributed by atoms with Crippen molar-refractivity contribution in [1.29, 1.82) is 5.26 Å². The van der Waals surface area contributed by atoms with Gasteiger partial charge in [0.1, 0.15) is 0 Å². The first-order valence-corrected chi connectivity index (χ1v) is 5.09. The highest BCUT2D eigenvalue weighted by atomic mass is 32.1. The SMILES string of the molecule is CC.N#Cc1ccc(N=C=S)cc1C(F)(F)F. The summed E-state index contributed by atoms with van der Waals surface area (Å²) in [6, 6.07) is 4.55. The molecule has 0 amide bonds. The minimum Gasteiger partial charge on any atom is -0.195 e. The van der Waals surface area contributed by atoms with Gasteiger partial charge in [-0.1, -0.05) is 13.8 Å². The molecular formula is C11H9F3N2S. The van der Waals surface area contributed by atoms with Gasteiger partial charge in [0.2, 0.25) is 0 Å². The summed E-state index contributed by atoms with van der Waals surface area (Å²) in [5, 5.41) is 10.4. The minimum atomic E-state index is -4.57. The molecule has 90 valence electrons. The van der Waals surface area contributed by atoms with E-state index in [1.54, 1.807) is 0 Å². The van der Waals surface area contributed by atoms with Crippen LogP contribution in [0.25, 0.3) is 0 Å². The van der Waals surface area contributed by atoms with Crippen LogP contribution in [0.2, 0.25) is 0 Å². The molecule has 1 aromatic rings. The van der Waals surface area contributed by atoms with Gasteiger partial charge >= 0.3 is 6.18 Å². The van der Waals surface area contributed by atoms with Crippen LogP contribution in [-0.2, 0) is 6.18 Å². The van der Waals surface area contributed by atoms with Gasteiger partial charge in [0.05, 0.1) is 28.0 Å². The van der Waals surface area contributed by atoms with Crippen LogP contribution in [-0.4, -0.2) is 5.16 Å². The van der Waals surface area contributed by atoms with Gasteiger partial charge in [-0.25, -0.2) is 0 Å². The Kier molecular flexibility index (Phi) is 6.11. The molecule has 0 fully saturated rings. The molecule has 0 heterocycles. The molecule has 0 bridgehead atoms. The van der Waals surface area contributed by atoms with E-state index in [9.17, 15) is 13.2 Å². The van der Waals surface area contributed by atoms with Crippen LogP contribution >= 0.6 is 12.2 Å². The fourth-order valence-electron chi connectivity index (χ4n) is 0.987. The minimum absolute atomic E-state index is 0.0244. The van der Waals surface area contributed by atoms with E-state index in [1.807, 2.05) is 19.0 Å². The van der Waals surface area contributed by atoms with Gasteiger partial charge in [-0.2, -0.15) is 23.4 Å². The maximum Gasteiger partial charge on any atom is 0.417 e. The molecule has 0 aliphatic carbocycles. The summed E-state index contributed by atoms with van der Waals surface area (Å²) in [4.78, 5) is 3.41. The molecular weight excluding hydrogens is 249 g/mol. The zero-order valence-electron chi connectivity index (χ0n) is 9.17. The predicted octanol–water partition coefficient (Wildman–Crippen LogP) is 4.34. The van der Waals surface area contributed by atoms with Crippen LogP contribution < -0.4 is 0 Å². The Balaban J connectivity index is 0.00000121. The van der Waals surface area contributed by atoms with Crippen molar-refractivity contribution >= 4 is 23.1 Å². The predicted molar refractivity (Wildman–Crippen MR) is 62.2 cm³/mol. The number of nitriles is 1. The topological polar surface area (TPSA) is 36.1 Å². The molecule has 0 unspecified atom stereocenters. The van der Waals surface area contributed by atoms with Gasteiger partial charge in [0, 0.05) is 0 Å². The van der Waals surface area contributed by atoms with Crippen LogP contribution in [0.3, 0.4) is 0 Å². The number of isothiocyanates is 1. The van der Waals surface area contributed by atoms with Crippen molar-refractivity contribution < 1.29 is 13.2 Å². The lowest BCUT2D eigenvalue weighted by atomic mass is 10.1. The van der Waals surface area contributed by atoms with Gasteiger partial charge in [0.25, 0.3) is 0 Å². The molecule has 0 spiro atoms. The van der Waals surface area contributed by atoms with E-state index in [-0.39, 0.29) is 5.69 Å². The summed E-state index contributed by atoms with van der Waals surface area (Å²) >= 11 is 4.27. The van der Waals surface area contributed by atoms with E-state index in [4.69, 9.17) is 5.26 Å². The zero-order chi connectivity index (χ0) is 13.5. The Bertz CT molecular complexity index is 469. The molecule has 0 aliphatic rings. The van der Waals surface area contributed by atoms with Gasteiger partial charge in [-0.3, -0.25) is 0 Å². The third-order valence-electron chi connectivity index (χ3n) is 1.60. The fourth-order valence-corrected chi connectivity index (χ4v) is 1.09. The number of hydrogen-bond donors (Lipinski definition) is 0. The second-order valence-corrected chi connectivity index (χ2v) is 2.73. The molecule has 17 heavy (non-hydrogen) atoms. The largest absolute Gasteiger partial charge is 0.417 e. The van der Waals surface area contributed by atoms with Crippen molar-refractivity contribution in [3.8, 4) is 6.07 Å². The lowest BCUT2D eigenvalue weighted by Gasteiger charge is -2.08. The standard InChI is InChI=1S/C9H3F3N2S.C2H6/c10-9(11,12)8-3-7(14-5-15)2-1-6(8)4-13;1-2/h1-3H;1-2H3. The summed E-state index contributed by atoms with van der Waals surface area (Å²) in [6.45, 7) is 4.00. The lowest BCUT2D eigenvalue weighted by molar-refractivity contribution is -0.137. The number of nitrogens with zero attached hydrogens (tertiary/aromatic N) is 2. The molecule has 0 atom stereocenters. The average molecular weight is 258 g/mol.